The van der Waals surface area contributed by atoms with Crippen molar-refractivity contribution in [3.05, 3.63) is 29.8 Å². The van der Waals surface area contributed by atoms with E-state index in [4.69, 9.17) is 5.73 Å². The Labute approximate surface area is 162 Å². The van der Waals surface area contributed by atoms with Crippen LogP contribution < -0.4 is 5.73 Å². The van der Waals surface area contributed by atoms with E-state index in [-0.39, 0.29) is 28.9 Å². The highest BCUT2D eigenvalue weighted by Crippen LogP contribution is 2.26. The number of likely N-dealkylation sites (tertiary alicyclic amines) is 1. The highest BCUT2D eigenvalue weighted by Gasteiger charge is 2.32. The standard InChI is InChI=1S/C20H31N3O3S/c1-15-7-3-6-14-23(15)27(25,26)18-11-9-17(10-12-18)20(24)22-13-5-4-8-19(22)16(2)21/h9-12,15-16,19H,3-8,13-14,21H2,1-2H3. The summed E-state index contributed by atoms with van der Waals surface area (Å²) in [5.74, 6) is -0.0627. The molecule has 0 bridgehead atoms. The van der Waals surface area contributed by atoms with Crippen molar-refractivity contribution in [3.8, 4) is 0 Å². The smallest absolute Gasteiger partial charge is 0.254 e. The van der Waals surface area contributed by atoms with Gasteiger partial charge in [0.1, 0.15) is 0 Å². The third-order valence-electron chi connectivity index (χ3n) is 5.87. The lowest BCUT2D eigenvalue weighted by molar-refractivity contribution is 0.0583. The Bertz CT molecular complexity index is 761. The van der Waals surface area contributed by atoms with Crippen molar-refractivity contribution in [1.29, 1.82) is 0 Å². The van der Waals surface area contributed by atoms with E-state index in [0.29, 0.717) is 18.7 Å². The van der Waals surface area contributed by atoms with Gasteiger partial charge in [-0.05, 0) is 70.2 Å². The number of amides is 1. The minimum atomic E-state index is -3.51. The van der Waals surface area contributed by atoms with E-state index < -0.39 is 10.0 Å². The molecule has 0 aliphatic carbocycles. The first kappa shape index (κ1) is 20.3. The summed E-state index contributed by atoms with van der Waals surface area (Å²) >= 11 is 0. The van der Waals surface area contributed by atoms with Crippen molar-refractivity contribution >= 4 is 15.9 Å². The summed E-state index contributed by atoms with van der Waals surface area (Å²) in [4.78, 5) is 15.1. The fraction of sp³-hybridized carbons (Fsp3) is 0.650. The first-order chi connectivity index (χ1) is 12.8. The van der Waals surface area contributed by atoms with Gasteiger partial charge in [0, 0.05) is 36.8 Å². The van der Waals surface area contributed by atoms with Crippen LogP contribution in [0.1, 0.15) is 62.7 Å². The van der Waals surface area contributed by atoms with E-state index in [0.717, 1.165) is 38.5 Å². The Morgan fingerprint density at radius 3 is 2.33 bits per heavy atom. The van der Waals surface area contributed by atoms with Gasteiger partial charge < -0.3 is 10.6 Å². The van der Waals surface area contributed by atoms with E-state index in [1.807, 2.05) is 18.7 Å². The van der Waals surface area contributed by atoms with Crippen LogP contribution in [0.15, 0.2) is 29.2 Å². The van der Waals surface area contributed by atoms with E-state index >= 15 is 0 Å². The van der Waals surface area contributed by atoms with Gasteiger partial charge in [-0.25, -0.2) is 8.42 Å². The van der Waals surface area contributed by atoms with Crippen LogP contribution in [-0.4, -0.2) is 54.7 Å². The number of hydrogen-bond acceptors (Lipinski definition) is 4. The number of piperidine rings is 2. The molecule has 7 heteroatoms. The van der Waals surface area contributed by atoms with Gasteiger partial charge in [-0.3, -0.25) is 4.79 Å². The quantitative estimate of drug-likeness (QED) is 0.852. The second kappa shape index (κ2) is 8.29. The summed E-state index contributed by atoms with van der Waals surface area (Å²) in [5.41, 5.74) is 6.59. The number of hydrogen-bond donors (Lipinski definition) is 1. The zero-order valence-corrected chi connectivity index (χ0v) is 17.1. The molecular weight excluding hydrogens is 362 g/mol. The largest absolute Gasteiger partial charge is 0.334 e. The second-order valence-corrected chi connectivity index (χ2v) is 9.80. The summed E-state index contributed by atoms with van der Waals surface area (Å²) in [6.07, 6.45) is 5.84. The van der Waals surface area contributed by atoms with E-state index in [9.17, 15) is 13.2 Å². The molecule has 3 atom stereocenters. The maximum atomic E-state index is 12.9. The maximum absolute atomic E-state index is 12.9. The molecule has 27 heavy (non-hydrogen) atoms. The van der Waals surface area contributed by atoms with Crippen LogP contribution in [0.2, 0.25) is 0 Å². The van der Waals surface area contributed by atoms with Gasteiger partial charge in [-0.2, -0.15) is 4.31 Å². The third kappa shape index (κ3) is 4.20. The number of rotatable bonds is 4. The number of nitrogens with zero attached hydrogens (tertiary/aromatic N) is 2. The summed E-state index contributed by atoms with van der Waals surface area (Å²) in [5, 5.41) is 0. The Kier molecular flexibility index (Phi) is 6.23. The van der Waals surface area contributed by atoms with Gasteiger partial charge in [-0.1, -0.05) is 6.42 Å². The fourth-order valence-electron chi connectivity index (χ4n) is 4.26. The summed E-state index contributed by atoms with van der Waals surface area (Å²) < 4.78 is 27.5. The maximum Gasteiger partial charge on any atom is 0.254 e. The molecule has 0 spiro atoms. The lowest BCUT2D eigenvalue weighted by Gasteiger charge is -2.38. The average Bonchev–Trinajstić information content (AvgIpc) is 2.67. The van der Waals surface area contributed by atoms with Crippen LogP contribution in [0.3, 0.4) is 0 Å². The molecule has 6 nitrogen and oxygen atoms in total. The van der Waals surface area contributed by atoms with Crippen molar-refractivity contribution in [1.82, 2.24) is 9.21 Å². The Morgan fingerprint density at radius 2 is 1.70 bits per heavy atom. The minimum Gasteiger partial charge on any atom is -0.334 e. The molecule has 3 unspecified atom stereocenters. The Balaban J connectivity index is 1.79. The molecule has 2 N–H and O–H groups in total. The molecule has 3 rings (SSSR count). The first-order valence-electron chi connectivity index (χ1n) is 10.0. The highest BCUT2D eigenvalue weighted by molar-refractivity contribution is 7.89. The summed E-state index contributed by atoms with van der Waals surface area (Å²) in [6, 6.07) is 6.39. The molecule has 0 radical (unpaired) electrons. The van der Waals surface area contributed by atoms with Crippen LogP contribution in [0.4, 0.5) is 0 Å². The van der Waals surface area contributed by atoms with Crippen molar-refractivity contribution in [2.24, 2.45) is 5.73 Å². The SMILES string of the molecule is CC(N)C1CCCCN1C(=O)c1ccc(S(=O)(=O)N2CCCCC2C)cc1. The van der Waals surface area contributed by atoms with E-state index in [1.54, 1.807) is 28.6 Å². The van der Waals surface area contributed by atoms with Crippen LogP contribution in [0, 0.1) is 0 Å². The lowest BCUT2D eigenvalue weighted by Crippen LogP contribution is -2.51. The van der Waals surface area contributed by atoms with Crippen molar-refractivity contribution in [3.63, 3.8) is 0 Å². The molecule has 1 amide bonds. The number of nitrogens with two attached hydrogens (primary N) is 1. The van der Waals surface area contributed by atoms with Crippen molar-refractivity contribution < 1.29 is 13.2 Å². The van der Waals surface area contributed by atoms with Crippen LogP contribution in [0.25, 0.3) is 0 Å². The topological polar surface area (TPSA) is 83.7 Å². The highest BCUT2D eigenvalue weighted by atomic mass is 32.2. The summed E-state index contributed by atoms with van der Waals surface area (Å²) in [6.45, 7) is 5.16. The molecular formula is C20H31N3O3S. The molecule has 2 aliphatic rings. The van der Waals surface area contributed by atoms with Gasteiger partial charge in [0.05, 0.1) is 4.90 Å². The molecule has 1 aromatic carbocycles. The lowest BCUT2D eigenvalue weighted by atomic mass is 9.96. The van der Waals surface area contributed by atoms with Gasteiger partial charge >= 0.3 is 0 Å². The van der Waals surface area contributed by atoms with E-state index in [2.05, 4.69) is 0 Å². The predicted octanol–water partition coefficient (Wildman–Crippen LogP) is 2.59. The van der Waals surface area contributed by atoms with Crippen LogP contribution in [-0.2, 0) is 10.0 Å². The molecule has 0 aromatic heterocycles. The number of carbonyl (C=O) groups is 1. The van der Waals surface area contributed by atoms with Gasteiger partial charge in [0.15, 0.2) is 0 Å². The molecule has 2 aliphatic heterocycles. The zero-order chi connectivity index (χ0) is 19.6. The van der Waals surface area contributed by atoms with Crippen LogP contribution >= 0.6 is 0 Å². The number of carbonyl (C=O) groups excluding carboxylic acids is 1. The van der Waals surface area contributed by atoms with Gasteiger partial charge in [-0.15, -0.1) is 0 Å². The molecule has 2 saturated heterocycles. The van der Waals surface area contributed by atoms with Gasteiger partial charge in [0.2, 0.25) is 10.0 Å². The predicted molar refractivity (Wildman–Crippen MR) is 106 cm³/mol. The second-order valence-electron chi connectivity index (χ2n) is 7.91. The van der Waals surface area contributed by atoms with Crippen molar-refractivity contribution in [2.45, 2.75) is 75.4 Å². The monoisotopic (exact) mass is 393 g/mol. The molecule has 150 valence electrons. The molecule has 2 fully saturated rings. The first-order valence-corrected chi connectivity index (χ1v) is 11.4. The minimum absolute atomic E-state index is 0.0187. The van der Waals surface area contributed by atoms with Crippen molar-refractivity contribution in [2.75, 3.05) is 13.1 Å². The Morgan fingerprint density at radius 1 is 1.07 bits per heavy atom. The average molecular weight is 394 g/mol. The Hall–Kier alpha value is -1.44. The summed E-state index contributed by atoms with van der Waals surface area (Å²) in [7, 11) is -3.51. The van der Waals surface area contributed by atoms with E-state index in [1.165, 1.54) is 0 Å². The zero-order valence-electron chi connectivity index (χ0n) is 16.3. The molecule has 2 heterocycles. The van der Waals surface area contributed by atoms with Gasteiger partial charge in [0.25, 0.3) is 5.91 Å². The molecule has 0 saturated carbocycles. The fourth-order valence-corrected chi connectivity index (χ4v) is 5.96. The third-order valence-corrected chi connectivity index (χ3v) is 7.89. The normalized spacial score (nSPS) is 26.0. The number of sulfonamides is 1. The van der Waals surface area contributed by atoms with Crippen LogP contribution in [0.5, 0.6) is 0 Å². The molecule has 1 aromatic rings. The number of benzene rings is 1.